The van der Waals surface area contributed by atoms with Gasteiger partial charge >= 0.3 is 0 Å². The molecular weight excluding hydrogens is 184 g/mol. The number of rotatable bonds is 7. The molecule has 1 N–H and O–H groups in total. The summed E-state index contributed by atoms with van der Waals surface area (Å²) < 4.78 is 0. The van der Waals surface area contributed by atoms with E-state index in [1.807, 2.05) is 6.92 Å². The molecule has 0 aliphatic rings. The molecule has 0 bridgehead atoms. The lowest BCUT2D eigenvalue weighted by atomic mass is 10.1. The van der Waals surface area contributed by atoms with Crippen molar-refractivity contribution in [2.75, 3.05) is 7.05 Å². The number of nitrogens with zero attached hydrogens (tertiary/aromatic N) is 1. The van der Waals surface area contributed by atoms with E-state index in [1.54, 1.807) is 0 Å². The van der Waals surface area contributed by atoms with Crippen LogP contribution < -0.4 is 5.32 Å². The van der Waals surface area contributed by atoms with Gasteiger partial charge in [0.05, 0.1) is 6.04 Å². The molecule has 1 unspecified atom stereocenters. The molecule has 88 valence electrons. The molecule has 15 heavy (non-hydrogen) atoms. The molecule has 0 aromatic carbocycles. The van der Waals surface area contributed by atoms with E-state index in [4.69, 9.17) is 0 Å². The zero-order chi connectivity index (χ0) is 12.0. The Bertz CT molecular complexity index is 219. The van der Waals surface area contributed by atoms with E-state index in [0.717, 1.165) is 24.2 Å². The van der Waals surface area contributed by atoms with Crippen LogP contribution in [0.2, 0.25) is 0 Å². The molecule has 1 atom stereocenters. The fourth-order valence-electron chi connectivity index (χ4n) is 1.61. The van der Waals surface area contributed by atoms with Crippen molar-refractivity contribution < 1.29 is 0 Å². The topological polar surface area (TPSA) is 15.3 Å². The second-order valence-electron chi connectivity index (χ2n) is 4.47. The first-order valence-electron chi connectivity index (χ1n) is 5.73. The lowest BCUT2D eigenvalue weighted by Crippen LogP contribution is -2.38. The van der Waals surface area contributed by atoms with E-state index in [2.05, 4.69) is 51.2 Å². The third-order valence-corrected chi connectivity index (χ3v) is 2.51. The molecule has 0 radical (unpaired) electrons. The van der Waals surface area contributed by atoms with Crippen LogP contribution >= 0.6 is 0 Å². The summed E-state index contributed by atoms with van der Waals surface area (Å²) in [5, 5.41) is 3.39. The average Bonchev–Trinajstić information content (AvgIpc) is 2.11. The Hall–Kier alpha value is -0.920. The van der Waals surface area contributed by atoms with Gasteiger partial charge in [-0.3, -0.25) is 0 Å². The second kappa shape index (κ2) is 6.54. The van der Waals surface area contributed by atoms with Crippen LogP contribution in [-0.2, 0) is 0 Å². The number of hydrogen-bond acceptors (Lipinski definition) is 2. The zero-order valence-electron chi connectivity index (χ0n) is 10.9. The van der Waals surface area contributed by atoms with Gasteiger partial charge in [0.2, 0.25) is 0 Å². The van der Waals surface area contributed by atoms with Crippen LogP contribution in [0.15, 0.2) is 24.6 Å². The van der Waals surface area contributed by atoms with Gasteiger partial charge in [-0.15, -0.1) is 0 Å². The molecule has 0 heterocycles. The van der Waals surface area contributed by atoms with E-state index in [9.17, 15) is 0 Å². The molecule has 0 saturated carbocycles. The number of nitrogens with one attached hydrogen (secondary N) is 1. The highest BCUT2D eigenvalue weighted by Gasteiger charge is 2.17. The fraction of sp³-hybridized carbons (Fsp3) is 0.692. The predicted molar refractivity (Wildman–Crippen MR) is 68.7 cm³/mol. The van der Waals surface area contributed by atoms with Crippen LogP contribution in [0, 0.1) is 0 Å². The third-order valence-electron chi connectivity index (χ3n) is 2.51. The van der Waals surface area contributed by atoms with Crippen molar-refractivity contribution in [1.82, 2.24) is 10.2 Å². The standard InChI is InChI=1S/C13H26N2/c1-8-9-13(15(7)11(4)5)12(6)14-10(2)3/h10,13-14H,4,6,8-9H2,1-3,5,7H3. The van der Waals surface area contributed by atoms with E-state index in [1.165, 1.54) is 0 Å². The van der Waals surface area contributed by atoms with Crippen molar-refractivity contribution in [3.05, 3.63) is 24.6 Å². The Labute approximate surface area is 95.0 Å². The third kappa shape index (κ3) is 4.91. The largest absolute Gasteiger partial charge is 0.385 e. The van der Waals surface area contributed by atoms with Gasteiger partial charge in [0.25, 0.3) is 0 Å². The van der Waals surface area contributed by atoms with Gasteiger partial charge in [-0.05, 0) is 27.2 Å². The fourth-order valence-corrected chi connectivity index (χ4v) is 1.61. The van der Waals surface area contributed by atoms with Gasteiger partial charge in [-0.25, -0.2) is 0 Å². The highest BCUT2D eigenvalue weighted by atomic mass is 15.2. The lowest BCUT2D eigenvalue weighted by molar-refractivity contribution is 0.308. The van der Waals surface area contributed by atoms with Gasteiger partial charge in [-0.2, -0.15) is 0 Å². The molecule has 0 spiro atoms. The summed E-state index contributed by atoms with van der Waals surface area (Å²) in [4.78, 5) is 2.20. The molecule has 2 nitrogen and oxygen atoms in total. The van der Waals surface area contributed by atoms with E-state index in [-0.39, 0.29) is 0 Å². The van der Waals surface area contributed by atoms with Crippen molar-refractivity contribution in [3.8, 4) is 0 Å². The maximum absolute atomic E-state index is 4.12. The SMILES string of the molecule is C=C(NC(C)C)C(CCC)N(C)C(=C)C. The van der Waals surface area contributed by atoms with Gasteiger partial charge in [-0.1, -0.05) is 26.5 Å². The molecule has 0 amide bonds. The van der Waals surface area contributed by atoms with Crippen LogP contribution in [-0.4, -0.2) is 24.0 Å². The summed E-state index contributed by atoms with van der Waals surface area (Å²) in [7, 11) is 2.08. The van der Waals surface area contributed by atoms with Crippen molar-refractivity contribution in [3.63, 3.8) is 0 Å². The summed E-state index contributed by atoms with van der Waals surface area (Å²) in [5.41, 5.74) is 2.18. The Morgan fingerprint density at radius 1 is 1.33 bits per heavy atom. The molecular formula is C13H26N2. The predicted octanol–water partition coefficient (Wildman–Crippen LogP) is 3.13. The average molecular weight is 210 g/mol. The lowest BCUT2D eigenvalue weighted by Gasteiger charge is -2.33. The molecule has 0 aromatic rings. The van der Waals surface area contributed by atoms with Crippen molar-refractivity contribution >= 4 is 0 Å². The highest BCUT2D eigenvalue weighted by Crippen LogP contribution is 2.15. The number of hydrogen-bond donors (Lipinski definition) is 1. The summed E-state index contributed by atoms with van der Waals surface area (Å²) in [6.45, 7) is 16.6. The quantitative estimate of drug-likeness (QED) is 0.694. The van der Waals surface area contributed by atoms with Crippen LogP contribution in [0.5, 0.6) is 0 Å². The molecule has 0 fully saturated rings. The van der Waals surface area contributed by atoms with Gasteiger partial charge in [0, 0.05) is 24.5 Å². The van der Waals surface area contributed by atoms with Gasteiger partial charge < -0.3 is 10.2 Å². The number of allylic oxidation sites excluding steroid dienone is 1. The van der Waals surface area contributed by atoms with E-state index < -0.39 is 0 Å². The minimum absolute atomic E-state index is 0.356. The van der Waals surface area contributed by atoms with Gasteiger partial charge in [0.15, 0.2) is 0 Å². The van der Waals surface area contributed by atoms with Crippen molar-refractivity contribution in [2.24, 2.45) is 0 Å². The van der Waals surface area contributed by atoms with Crippen LogP contribution in [0.25, 0.3) is 0 Å². The first-order valence-corrected chi connectivity index (χ1v) is 5.73. The maximum atomic E-state index is 4.12. The highest BCUT2D eigenvalue weighted by molar-refractivity contribution is 5.08. The second-order valence-corrected chi connectivity index (χ2v) is 4.47. The Morgan fingerprint density at radius 3 is 2.20 bits per heavy atom. The molecule has 0 rings (SSSR count). The number of likely N-dealkylation sites (N-methyl/N-ethyl adjacent to an activating group) is 1. The molecule has 2 heteroatoms. The van der Waals surface area contributed by atoms with Crippen molar-refractivity contribution in [2.45, 2.75) is 52.6 Å². The Morgan fingerprint density at radius 2 is 1.87 bits per heavy atom. The minimum Gasteiger partial charge on any atom is -0.385 e. The van der Waals surface area contributed by atoms with Crippen LogP contribution in [0.3, 0.4) is 0 Å². The van der Waals surface area contributed by atoms with Crippen LogP contribution in [0.4, 0.5) is 0 Å². The normalized spacial score (nSPS) is 12.4. The molecule has 0 aliphatic heterocycles. The summed E-state index contributed by atoms with van der Waals surface area (Å²) in [6.07, 6.45) is 2.27. The van der Waals surface area contributed by atoms with Gasteiger partial charge in [0.1, 0.15) is 0 Å². The minimum atomic E-state index is 0.356. The zero-order valence-corrected chi connectivity index (χ0v) is 10.9. The molecule has 0 aromatic heterocycles. The summed E-state index contributed by atoms with van der Waals surface area (Å²) in [6, 6.07) is 0.797. The first kappa shape index (κ1) is 14.1. The van der Waals surface area contributed by atoms with Crippen molar-refractivity contribution in [1.29, 1.82) is 0 Å². The Balaban J connectivity index is 4.50. The van der Waals surface area contributed by atoms with E-state index in [0.29, 0.717) is 12.1 Å². The first-order chi connectivity index (χ1) is 6.90. The monoisotopic (exact) mass is 210 g/mol. The maximum Gasteiger partial charge on any atom is 0.0675 e. The Kier molecular flexibility index (Phi) is 6.14. The summed E-state index contributed by atoms with van der Waals surface area (Å²) >= 11 is 0. The molecule has 0 saturated heterocycles. The van der Waals surface area contributed by atoms with Crippen LogP contribution in [0.1, 0.15) is 40.5 Å². The summed E-state index contributed by atoms with van der Waals surface area (Å²) in [5.74, 6) is 0. The molecule has 0 aliphatic carbocycles. The smallest absolute Gasteiger partial charge is 0.0675 e. The van der Waals surface area contributed by atoms with E-state index >= 15 is 0 Å².